The molecule has 2 aromatic heterocycles. The predicted molar refractivity (Wildman–Crippen MR) is 207 cm³/mol. The molecular weight excluding hydrogens is 713 g/mol. The second-order valence-corrected chi connectivity index (χ2v) is 16.6. The Morgan fingerprint density at radius 2 is 1.60 bits per heavy atom. The molecule has 284 valence electrons. The van der Waals surface area contributed by atoms with Crippen molar-refractivity contribution in [1.29, 1.82) is 0 Å². The number of hydrogen-bond donors (Lipinski definition) is 6. The molecule has 53 heavy (non-hydrogen) atoms. The minimum absolute atomic E-state index is 0.116. The Morgan fingerprint density at radius 3 is 2.28 bits per heavy atom. The number of H-pyrrole nitrogens is 1. The van der Waals surface area contributed by atoms with Crippen LogP contribution in [0, 0.1) is 5.92 Å². The van der Waals surface area contributed by atoms with Gasteiger partial charge in [0.25, 0.3) is 0 Å². The third kappa shape index (κ3) is 13.5. The number of ether oxygens (including phenoxy) is 1. The van der Waals surface area contributed by atoms with Crippen molar-refractivity contribution in [3.63, 3.8) is 0 Å². The minimum Gasteiger partial charge on any atom is -0.444 e. The van der Waals surface area contributed by atoms with Crippen molar-refractivity contribution in [2.24, 2.45) is 5.92 Å². The van der Waals surface area contributed by atoms with Crippen LogP contribution in [0.5, 0.6) is 0 Å². The summed E-state index contributed by atoms with van der Waals surface area (Å²) in [6.07, 6.45) is 7.84. The van der Waals surface area contributed by atoms with E-state index in [9.17, 15) is 19.5 Å². The third-order valence-electron chi connectivity index (χ3n) is 8.82. The molecule has 1 aliphatic rings. The molecule has 6 N–H and O–H groups in total. The van der Waals surface area contributed by atoms with Crippen LogP contribution in [0.2, 0.25) is 0 Å². The molecule has 5 rings (SSSR count). The van der Waals surface area contributed by atoms with E-state index in [2.05, 4.69) is 41.4 Å². The van der Waals surface area contributed by atoms with E-state index in [4.69, 9.17) is 4.74 Å². The molecule has 4 aromatic rings. The van der Waals surface area contributed by atoms with Crippen LogP contribution in [0.15, 0.2) is 77.5 Å². The Morgan fingerprint density at radius 1 is 0.925 bits per heavy atom. The number of nitrogens with zero attached hydrogens (tertiary/aromatic N) is 3. The maximum atomic E-state index is 14.2. The predicted octanol–water partition coefficient (Wildman–Crippen LogP) is 5.78. The number of carbonyl (C=O) groups is 3. The number of nitrogens with one attached hydrogen (secondary N) is 5. The Balaban J connectivity index is 1.30. The van der Waals surface area contributed by atoms with Gasteiger partial charge in [0.05, 0.1) is 18.5 Å². The van der Waals surface area contributed by atoms with E-state index < -0.39 is 47.7 Å². The fraction of sp³-hybridized carbons (Fsp3) is 0.474. The minimum atomic E-state index is -1.04. The van der Waals surface area contributed by atoms with Crippen LogP contribution < -0.4 is 21.3 Å². The number of hydrogen-bond acceptors (Lipinski definition) is 11. The number of alkyl carbamates (subject to hydrolysis) is 1. The number of thioether (sulfide) groups is 1. The standard InChI is InChI=1S/C38H50N8O5S2/c1-38(2,3)51-36(50)44-30(20-26-15-9-5-10-16-26)33(48)43-31(21-28-22-39-24-40-28)34(49)42-29(19-25-13-7-4-8-14-25)32(47)23-52-37-46-45-35(53-37)41-27-17-11-6-12-18-27/h5-6,9-12,15-18,22,24-25,29-32,47H,4,7-8,13-14,19-21,23H2,1-3H3,(H,39,40)(H,41,45)(H,42,49)(H,43,48)(H,44,50)/t29-,30-,31-,32+/m0/s1. The van der Waals surface area contributed by atoms with Gasteiger partial charge >= 0.3 is 6.09 Å². The Labute approximate surface area is 318 Å². The van der Waals surface area contributed by atoms with E-state index in [0.29, 0.717) is 27.5 Å². The quantitative estimate of drug-likeness (QED) is 0.0722. The smallest absolute Gasteiger partial charge is 0.408 e. The van der Waals surface area contributed by atoms with Gasteiger partial charge in [-0.05, 0) is 50.8 Å². The maximum absolute atomic E-state index is 14.2. The Kier molecular flexibility index (Phi) is 14.7. The van der Waals surface area contributed by atoms with E-state index >= 15 is 0 Å². The van der Waals surface area contributed by atoms with Crippen molar-refractivity contribution in [1.82, 2.24) is 36.1 Å². The first kappa shape index (κ1) is 39.7. The molecule has 2 aromatic carbocycles. The first-order valence-corrected chi connectivity index (χ1v) is 19.9. The second-order valence-electron chi connectivity index (χ2n) is 14.3. The largest absolute Gasteiger partial charge is 0.444 e. The van der Waals surface area contributed by atoms with Crippen LogP contribution in [0.25, 0.3) is 0 Å². The van der Waals surface area contributed by atoms with E-state index in [1.54, 1.807) is 27.0 Å². The zero-order chi connectivity index (χ0) is 37.6. The van der Waals surface area contributed by atoms with Gasteiger partial charge in [-0.1, -0.05) is 104 Å². The topological polar surface area (TPSA) is 183 Å². The lowest BCUT2D eigenvalue weighted by Crippen LogP contribution is -2.58. The molecule has 1 saturated carbocycles. The molecule has 13 nitrogen and oxygen atoms in total. The highest BCUT2D eigenvalue weighted by atomic mass is 32.2. The highest BCUT2D eigenvalue weighted by Crippen LogP contribution is 2.31. The summed E-state index contributed by atoms with van der Waals surface area (Å²) < 4.78 is 6.16. The van der Waals surface area contributed by atoms with Crippen LogP contribution in [-0.2, 0) is 27.2 Å². The Bertz CT molecular complexity index is 1710. The number of rotatable bonds is 17. The van der Waals surface area contributed by atoms with Crippen molar-refractivity contribution in [2.75, 3.05) is 11.1 Å². The van der Waals surface area contributed by atoms with Gasteiger partial charge in [0.15, 0.2) is 4.34 Å². The maximum Gasteiger partial charge on any atom is 0.408 e. The molecule has 0 spiro atoms. The summed E-state index contributed by atoms with van der Waals surface area (Å²) in [5.74, 6) is -0.353. The van der Waals surface area contributed by atoms with Crippen LogP contribution in [-0.4, -0.2) is 78.8 Å². The molecule has 0 aliphatic heterocycles. The van der Waals surface area contributed by atoms with Crippen molar-refractivity contribution >= 4 is 51.8 Å². The van der Waals surface area contributed by atoms with Gasteiger partial charge < -0.3 is 36.1 Å². The third-order valence-corrected chi connectivity index (χ3v) is 10.9. The van der Waals surface area contributed by atoms with Gasteiger partial charge in [-0.2, -0.15) is 0 Å². The second kappa shape index (κ2) is 19.6. The number of aliphatic hydroxyl groups is 1. The van der Waals surface area contributed by atoms with Crippen molar-refractivity contribution < 1.29 is 24.2 Å². The summed E-state index contributed by atoms with van der Waals surface area (Å²) in [4.78, 5) is 48.1. The SMILES string of the molecule is CC(C)(C)OC(=O)N[C@@H](Cc1ccccc1)C(=O)N[C@@H](Cc1cnc[nH]1)C(=O)N[C@@H](CC1CCCCC1)[C@H](O)CSc1nnc(Nc2ccccc2)s1. The number of benzene rings is 2. The van der Waals surface area contributed by atoms with Gasteiger partial charge in [-0.25, -0.2) is 9.78 Å². The highest BCUT2D eigenvalue weighted by molar-refractivity contribution is 8.01. The highest BCUT2D eigenvalue weighted by Gasteiger charge is 2.33. The molecule has 3 amide bonds. The summed E-state index contributed by atoms with van der Waals surface area (Å²) in [5, 5.41) is 32.7. The lowest BCUT2D eigenvalue weighted by atomic mass is 9.83. The summed E-state index contributed by atoms with van der Waals surface area (Å²) in [7, 11) is 0. The van der Waals surface area contributed by atoms with Gasteiger partial charge in [-0.3, -0.25) is 9.59 Å². The summed E-state index contributed by atoms with van der Waals surface area (Å²) in [5.41, 5.74) is 1.59. The monoisotopic (exact) mass is 762 g/mol. The average Bonchev–Trinajstić information content (AvgIpc) is 3.82. The van der Waals surface area contributed by atoms with Gasteiger partial charge in [-0.15, -0.1) is 10.2 Å². The first-order valence-electron chi connectivity index (χ1n) is 18.1. The zero-order valence-electron chi connectivity index (χ0n) is 30.4. The van der Waals surface area contributed by atoms with Crippen LogP contribution in [0.3, 0.4) is 0 Å². The zero-order valence-corrected chi connectivity index (χ0v) is 32.1. The molecule has 1 aliphatic carbocycles. The van der Waals surface area contributed by atoms with E-state index in [-0.39, 0.29) is 18.6 Å². The molecule has 2 heterocycles. The van der Waals surface area contributed by atoms with E-state index in [1.807, 2.05) is 60.7 Å². The fourth-order valence-electron chi connectivity index (χ4n) is 6.22. The molecule has 4 atom stereocenters. The summed E-state index contributed by atoms with van der Waals surface area (Å²) in [6, 6.07) is 16.4. The Hall–Kier alpha value is -4.47. The number of imidazole rings is 1. The number of carbonyl (C=O) groups excluding carboxylic acids is 3. The average molecular weight is 763 g/mol. The molecule has 0 radical (unpaired) electrons. The van der Waals surface area contributed by atoms with E-state index in [0.717, 1.165) is 36.9 Å². The number of aromatic nitrogens is 4. The van der Waals surface area contributed by atoms with Gasteiger partial charge in [0.2, 0.25) is 16.9 Å². The van der Waals surface area contributed by atoms with Crippen molar-refractivity contribution in [3.8, 4) is 0 Å². The lowest BCUT2D eigenvalue weighted by Gasteiger charge is -2.31. The number of anilines is 2. The normalized spacial score (nSPS) is 15.8. The molecule has 0 saturated heterocycles. The van der Waals surface area contributed by atoms with E-state index in [1.165, 1.54) is 35.8 Å². The van der Waals surface area contributed by atoms with Gasteiger partial charge in [0, 0.05) is 36.2 Å². The van der Waals surface area contributed by atoms with Crippen LogP contribution in [0.1, 0.15) is 70.6 Å². The molecule has 0 bridgehead atoms. The number of aromatic amines is 1. The van der Waals surface area contributed by atoms with Crippen LogP contribution >= 0.6 is 23.1 Å². The lowest BCUT2D eigenvalue weighted by molar-refractivity contribution is -0.130. The fourth-order valence-corrected chi connectivity index (χ4v) is 8.04. The van der Waals surface area contributed by atoms with Crippen molar-refractivity contribution in [2.45, 2.75) is 106 Å². The molecular formula is C38H50N8O5S2. The molecule has 15 heteroatoms. The summed E-state index contributed by atoms with van der Waals surface area (Å²) >= 11 is 2.77. The number of para-hydroxylation sites is 1. The summed E-state index contributed by atoms with van der Waals surface area (Å²) in [6.45, 7) is 5.23. The van der Waals surface area contributed by atoms with Crippen LogP contribution in [0.4, 0.5) is 15.6 Å². The van der Waals surface area contributed by atoms with Crippen molar-refractivity contribution in [3.05, 3.63) is 84.4 Å². The first-order chi connectivity index (χ1) is 25.5. The number of amides is 3. The molecule has 1 fully saturated rings. The number of aliphatic hydroxyl groups excluding tert-OH is 1. The van der Waals surface area contributed by atoms with Gasteiger partial charge in [0.1, 0.15) is 17.7 Å². The molecule has 0 unspecified atom stereocenters.